The van der Waals surface area contributed by atoms with Crippen LogP contribution in [0.4, 0.5) is 5.69 Å². The van der Waals surface area contributed by atoms with Gasteiger partial charge in [-0.1, -0.05) is 5.16 Å². The van der Waals surface area contributed by atoms with Crippen LogP contribution in [-0.2, 0) is 16.6 Å². The zero-order valence-electron chi connectivity index (χ0n) is 17.0. The molecular formula is C19H24N6O4. The van der Waals surface area contributed by atoms with Crippen molar-refractivity contribution in [2.24, 2.45) is 7.05 Å². The van der Waals surface area contributed by atoms with Crippen molar-refractivity contribution >= 4 is 23.4 Å². The van der Waals surface area contributed by atoms with Crippen LogP contribution in [0.25, 0.3) is 0 Å². The summed E-state index contributed by atoms with van der Waals surface area (Å²) in [5.41, 5.74) is 1.07. The molecular weight excluding hydrogens is 376 g/mol. The van der Waals surface area contributed by atoms with E-state index in [0.717, 1.165) is 0 Å². The van der Waals surface area contributed by atoms with E-state index < -0.39 is 5.54 Å². The highest BCUT2D eigenvalue weighted by Crippen LogP contribution is 2.35. The van der Waals surface area contributed by atoms with Gasteiger partial charge in [0, 0.05) is 33.3 Å². The molecule has 10 heteroatoms. The third kappa shape index (κ3) is 3.08. The van der Waals surface area contributed by atoms with E-state index in [0.29, 0.717) is 48.8 Å². The zero-order chi connectivity index (χ0) is 20.9. The van der Waals surface area contributed by atoms with Crippen LogP contribution in [0.5, 0.6) is 0 Å². The Morgan fingerprint density at radius 1 is 1.24 bits per heavy atom. The Kier molecular flexibility index (Phi) is 4.44. The highest BCUT2D eigenvalue weighted by atomic mass is 16.5. The predicted molar refractivity (Wildman–Crippen MR) is 102 cm³/mol. The summed E-state index contributed by atoms with van der Waals surface area (Å²) >= 11 is 0. The molecule has 2 saturated heterocycles. The lowest BCUT2D eigenvalue weighted by molar-refractivity contribution is -0.142. The molecule has 0 bridgehead atoms. The molecule has 1 atom stereocenters. The molecule has 154 valence electrons. The maximum Gasteiger partial charge on any atom is 0.259 e. The second kappa shape index (κ2) is 6.71. The molecule has 10 nitrogen and oxygen atoms in total. The third-order valence-corrected chi connectivity index (χ3v) is 5.87. The van der Waals surface area contributed by atoms with E-state index in [-0.39, 0.29) is 24.3 Å². The fourth-order valence-electron chi connectivity index (χ4n) is 4.41. The summed E-state index contributed by atoms with van der Waals surface area (Å²) in [4.78, 5) is 43.2. The highest BCUT2D eigenvalue weighted by molar-refractivity contribution is 5.99. The monoisotopic (exact) mass is 400 g/mol. The van der Waals surface area contributed by atoms with Gasteiger partial charge in [0.2, 0.25) is 11.8 Å². The average molecular weight is 400 g/mol. The van der Waals surface area contributed by atoms with Crippen LogP contribution < -0.4 is 4.90 Å². The summed E-state index contributed by atoms with van der Waals surface area (Å²) in [5, 5.41) is 8.02. The van der Waals surface area contributed by atoms with Crippen LogP contribution in [0.2, 0.25) is 0 Å². The number of hydrogen-bond donors (Lipinski definition) is 0. The molecule has 2 aromatic heterocycles. The summed E-state index contributed by atoms with van der Waals surface area (Å²) < 4.78 is 6.77. The molecule has 4 rings (SSSR count). The van der Waals surface area contributed by atoms with Crippen LogP contribution in [0.3, 0.4) is 0 Å². The Morgan fingerprint density at radius 3 is 2.59 bits per heavy atom. The van der Waals surface area contributed by atoms with Crippen LogP contribution in [0.15, 0.2) is 16.9 Å². The first-order chi connectivity index (χ1) is 13.7. The number of aryl methyl sites for hydroxylation is 3. The number of anilines is 1. The van der Waals surface area contributed by atoms with E-state index in [1.165, 1.54) is 6.92 Å². The van der Waals surface area contributed by atoms with E-state index in [2.05, 4.69) is 10.3 Å². The maximum atomic E-state index is 13.1. The summed E-state index contributed by atoms with van der Waals surface area (Å²) in [7, 11) is 1.79. The van der Waals surface area contributed by atoms with Crippen molar-refractivity contribution in [3.63, 3.8) is 0 Å². The number of aromatic nitrogens is 3. The van der Waals surface area contributed by atoms with Crippen molar-refractivity contribution in [3.05, 3.63) is 29.4 Å². The molecule has 0 aliphatic carbocycles. The smallest absolute Gasteiger partial charge is 0.259 e. The van der Waals surface area contributed by atoms with E-state index in [9.17, 15) is 14.4 Å². The molecule has 2 aliphatic heterocycles. The Morgan fingerprint density at radius 2 is 2.00 bits per heavy atom. The van der Waals surface area contributed by atoms with Gasteiger partial charge in [-0.2, -0.15) is 5.10 Å². The molecule has 0 radical (unpaired) electrons. The largest absolute Gasteiger partial charge is 0.361 e. The first-order valence-electron chi connectivity index (χ1n) is 9.51. The molecule has 29 heavy (non-hydrogen) atoms. The molecule has 0 aromatic carbocycles. The SMILES string of the molecule is CC(=O)N1CC(=O)N(c2cnn(C)c2)CC12CCN(C(=O)c1c(C)noc1C)C2. The number of rotatable bonds is 2. The molecule has 2 aromatic rings. The lowest BCUT2D eigenvalue weighted by atomic mass is 9.92. The normalized spacial score (nSPS) is 22.1. The topological polar surface area (TPSA) is 105 Å². The average Bonchev–Trinajstić information content (AvgIpc) is 3.36. The van der Waals surface area contributed by atoms with Gasteiger partial charge >= 0.3 is 0 Å². The van der Waals surface area contributed by atoms with Gasteiger partial charge in [-0.3, -0.25) is 19.1 Å². The van der Waals surface area contributed by atoms with Crippen molar-refractivity contribution in [3.8, 4) is 0 Å². The van der Waals surface area contributed by atoms with Gasteiger partial charge in [0.05, 0.1) is 29.7 Å². The number of nitrogens with zero attached hydrogens (tertiary/aromatic N) is 6. The second-order valence-electron chi connectivity index (χ2n) is 7.86. The third-order valence-electron chi connectivity index (χ3n) is 5.87. The quantitative estimate of drug-likeness (QED) is 0.727. The van der Waals surface area contributed by atoms with Gasteiger partial charge in [-0.05, 0) is 20.3 Å². The van der Waals surface area contributed by atoms with Gasteiger partial charge in [-0.15, -0.1) is 0 Å². The minimum absolute atomic E-state index is 0.0163. The molecule has 2 aliphatic rings. The summed E-state index contributed by atoms with van der Waals surface area (Å²) in [6, 6.07) is 0. The van der Waals surface area contributed by atoms with E-state index in [1.807, 2.05) is 0 Å². The number of amides is 3. The lowest BCUT2D eigenvalue weighted by Gasteiger charge is -2.47. The first kappa shape index (κ1) is 19.2. The number of hydrogen-bond acceptors (Lipinski definition) is 6. The van der Waals surface area contributed by atoms with Crippen molar-refractivity contribution in [1.29, 1.82) is 0 Å². The van der Waals surface area contributed by atoms with Crippen molar-refractivity contribution in [1.82, 2.24) is 24.7 Å². The van der Waals surface area contributed by atoms with Crippen LogP contribution >= 0.6 is 0 Å². The van der Waals surface area contributed by atoms with Crippen LogP contribution in [0, 0.1) is 13.8 Å². The molecule has 2 fully saturated rings. The van der Waals surface area contributed by atoms with Crippen LogP contribution in [-0.4, -0.2) is 74.2 Å². The lowest BCUT2D eigenvalue weighted by Crippen LogP contribution is -2.67. The Hall–Kier alpha value is -3.17. The highest BCUT2D eigenvalue weighted by Gasteiger charge is 2.51. The van der Waals surface area contributed by atoms with Crippen LogP contribution in [0.1, 0.15) is 35.2 Å². The Labute approximate surface area is 168 Å². The van der Waals surface area contributed by atoms with E-state index in [4.69, 9.17) is 4.52 Å². The van der Waals surface area contributed by atoms with Gasteiger partial charge in [0.15, 0.2) is 0 Å². The van der Waals surface area contributed by atoms with Gasteiger partial charge in [0.25, 0.3) is 5.91 Å². The number of piperazine rings is 1. The number of carbonyl (C=O) groups is 3. The fourth-order valence-corrected chi connectivity index (χ4v) is 4.41. The first-order valence-corrected chi connectivity index (χ1v) is 9.51. The molecule has 1 spiro atoms. The summed E-state index contributed by atoms with van der Waals surface area (Å²) in [6.07, 6.45) is 4.00. The molecule has 3 amide bonds. The number of carbonyl (C=O) groups excluding carboxylic acids is 3. The predicted octanol–water partition coefficient (Wildman–Crippen LogP) is 0.505. The van der Waals surface area contributed by atoms with Gasteiger partial charge in [-0.25, -0.2) is 0 Å². The fraction of sp³-hybridized carbons (Fsp3) is 0.526. The summed E-state index contributed by atoms with van der Waals surface area (Å²) in [5.74, 6) is -0.00992. The van der Waals surface area contributed by atoms with E-state index in [1.54, 1.807) is 52.7 Å². The Bertz CT molecular complexity index is 975. The van der Waals surface area contributed by atoms with Crippen molar-refractivity contribution < 1.29 is 18.9 Å². The molecule has 4 heterocycles. The van der Waals surface area contributed by atoms with Gasteiger partial charge in [0.1, 0.15) is 17.9 Å². The van der Waals surface area contributed by atoms with Crippen molar-refractivity contribution in [2.75, 3.05) is 31.1 Å². The van der Waals surface area contributed by atoms with Gasteiger partial charge < -0.3 is 19.2 Å². The minimum atomic E-state index is -0.635. The molecule has 0 N–H and O–H groups in total. The molecule has 0 saturated carbocycles. The van der Waals surface area contributed by atoms with E-state index >= 15 is 0 Å². The van der Waals surface area contributed by atoms with Crippen molar-refractivity contribution in [2.45, 2.75) is 32.7 Å². The molecule has 1 unspecified atom stereocenters. The Balaban J connectivity index is 1.64. The standard InChI is InChI=1S/C19H24N6O4/c1-12-17(13(2)29-21-12)18(28)23-6-5-19(10-23)11-24(15-7-20-22(4)8-15)16(27)9-25(19)14(3)26/h7-8H,5-6,9-11H2,1-4H3. The summed E-state index contributed by atoms with van der Waals surface area (Å²) in [6.45, 7) is 6.06. The zero-order valence-corrected chi connectivity index (χ0v) is 17.0. The minimum Gasteiger partial charge on any atom is -0.361 e. The number of likely N-dealkylation sites (tertiary alicyclic amines) is 1. The second-order valence-corrected chi connectivity index (χ2v) is 7.86. The maximum absolute atomic E-state index is 13.1.